The minimum absolute atomic E-state index is 0.0394. The van der Waals surface area contributed by atoms with Crippen LogP contribution < -0.4 is 10.2 Å². The zero-order valence-corrected chi connectivity index (χ0v) is 17.2. The Morgan fingerprint density at radius 1 is 1.20 bits per heavy atom. The normalized spacial score (nSPS) is 17.7. The molecule has 1 aromatic carbocycles. The molecule has 1 aliphatic heterocycles. The molecule has 1 aliphatic rings. The second kappa shape index (κ2) is 8.10. The number of halogens is 2. The highest BCUT2D eigenvalue weighted by atomic mass is 19.3. The van der Waals surface area contributed by atoms with Crippen molar-refractivity contribution < 1.29 is 13.9 Å². The smallest absolute Gasteiger partial charge is 0.264 e. The van der Waals surface area contributed by atoms with Gasteiger partial charge in [-0.15, -0.1) is 5.10 Å². The van der Waals surface area contributed by atoms with Crippen LogP contribution in [0.25, 0.3) is 10.9 Å². The fraction of sp³-hybridized carbons (Fsp3) is 0.409. The van der Waals surface area contributed by atoms with E-state index in [0.717, 1.165) is 35.1 Å². The van der Waals surface area contributed by atoms with Crippen molar-refractivity contribution in [2.45, 2.75) is 45.8 Å². The van der Waals surface area contributed by atoms with Crippen LogP contribution in [-0.2, 0) is 0 Å². The van der Waals surface area contributed by atoms with E-state index in [1.54, 1.807) is 19.2 Å². The zero-order valence-electron chi connectivity index (χ0n) is 17.2. The molecule has 2 atom stereocenters. The lowest BCUT2D eigenvalue weighted by Gasteiger charge is -2.21. The lowest BCUT2D eigenvalue weighted by Crippen LogP contribution is -2.21. The number of nitrogens with zero attached hydrogens (tertiary/aromatic N) is 4. The van der Waals surface area contributed by atoms with Crippen LogP contribution in [0.3, 0.4) is 0 Å². The number of pyridine rings is 1. The van der Waals surface area contributed by atoms with E-state index >= 15 is 0 Å². The first-order valence-corrected chi connectivity index (χ1v) is 10.0. The largest absolute Gasteiger partial charge is 0.391 e. The number of aliphatic hydroxyl groups is 1. The zero-order chi connectivity index (χ0) is 21.4. The number of hydrogen-bond donors (Lipinski definition) is 2. The molecule has 0 aliphatic carbocycles. The predicted octanol–water partition coefficient (Wildman–Crippen LogP) is 4.32. The van der Waals surface area contributed by atoms with E-state index in [0.29, 0.717) is 23.6 Å². The Labute approximate surface area is 174 Å². The maximum atomic E-state index is 13.3. The third-order valence-corrected chi connectivity index (χ3v) is 5.77. The predicted molar refractivity (Wildman–Crippen MR) is 113 cm³/mol. The molecule has 3 aromatic rings. The Morgan fingerprint density at radius 3 is 2.67 bits per heavy atom. The van der Waals surface area contributed by atoms with E-state index in [-0.39, 0.29) is 17.7 Å². The molecule has 0 bridgehead atoms. The molecule has 0 radical (unpaired) electrons. The first-order chi connectivity index (χ1) is 14.3. The van der Waals surface area contributed by atoms with Crippen molar-refractivity contribution in [1.82, 2.24) is 15.2 Å². The Hall–Kier alpha value is -2.87. The number of alkyl halides is 2. The summed E-state index contributed by atoms with van der Waals surface area (Å²) in [6.07, 6.45) is -0.327. The molecular formula is C22H25F2N5O. The van der Waals surface area contributed by atoms with Crippen LogP contribution in [0.15, 0.2) is 30.5 Å². The van der Waals surface area contributed by atoms with Crippen LogP contribution in [0.4, 0.5) is 20.3 Å². The van der Waals surface area contributed by atoms with Crippen LogP contribution in [0, 0.1) is 13.8 Å². The first-order valence-electron chi connectivity index (χ1n) is 10.0. The van der Waals surface area contributed by atoms with Crippen molar-refractivity contribution in [3.63, 3.8) is 0 Å². The van der Waals surface area contributed by atoms with Gasteiger partial charge in [0.25, 0.3) is 6.43 Å². The highest BCUT2D eigenvalue weighted by Crippen LogP contribution is 2.32. The first kappa shape index (κ1) is 20.4. The number of rotatable bonds is 5. The summed E-state index contributed by atoms with van der Waals surface area (Å²) >= 11 is 0. The summed E-state index contributed by atoms with van der Waals surface area (Å²) in [4.78, 5) is 6.67. The van der Waals surface area contributed by atoms with Crippen LogP contribution >= 0.6 is 0 Å². The van der Waals surface area contributed by atoms with E-state index < -0.39 is 6.43 Å². The van der Waals surface area contributed by atoms with Gasteiger partial charge in [-0.05, 0) is 44.4 Å². The molecule has 158 valence electrons. The third-order valence-electron chi connectivity index (χ3n) is 5.77. The summed E-state index contributed by atoms with van der Waals surface area (Å²) in [5.74, 6) is 0.555. The van der Waals surface area contributed by atoms with Crippen molar-refractivity contribution >= 4 is 22.4 Å². The molecule has 4 rings (SSSR count). The molecule has 0 unspecified atom stereocenters. The second-order valence-electron chi connectivity index (χ2n) is 7.84. The maximum absolute atomic E-state index is 13.3. The van der Waals surface area contributed by atoms with Gasteiger partial charge in [0.1, 0.15) is 0 Å². The van der Waals surface area contributed by atoms with Gasteiger partial charge in [0.15, 0.2) is 5.82 Å². The molecule has 2 aromatic heterocycles. The second-order valence-corrected chi connectivity index (χ2v) is 7.84. The number of hydrogen-bond acceptors (Lipinski definition) is 6. The van der Waals surface area contributed by atoms with Crippen LogP contribution in [0.1, 0.15) is 48.2 Å². The topological polar surface area (TPSA) is 74.2 Å². The van der Waals surface area contributed by atoms with Crippen molar-refractivity contribution in [2.24, 2.45) is 0 Å². The lowest BCUT2D eigenvalue weighted by atomic mass is 9.97. The average molecular weight is 413 g/mol. The van der Waals surface area contributed by atoms with Gasteiger partial charge in [0, 0.05) is 24.0 Å². The summed E-state index contributed by atoms with van der Waals surface area (Å²) in [6, 6.07) is 6.70. The van der Waals surface area contributed by atoms with Crippen molar-refractivity contribution in [3.05, 3.63) is 52.8 Å². The number of benzene rings is 1. The summed E-state index contributed by atoms with van der Waals surface area (Å²) in [6.45, 7) is 6.82. The molecule has 6 nitrogen and oxygen atoms in total. The molecule has 0 saturated carbocycles. The van der Waals surface area contributed by atoms with Crippen molar-refractivity contribution in [2.75, 3.05) is 23.3 Å². The molecule has 2 N–H and O–H groups in total. The molecule has 1 fully saturated rings. The van der Waals surface area contributed by atoms with Gasteiger partial charge >= 0.3 is 0 Å². The van der Waals surface area contributed by atoms with E-state index in [4.69, 9.17) is 0 Å². The SMILES string of the molecule is Cc1c(C(F)F)cccc1[C@@H](C)Nc1nnc(C)c2ncc(N3CC[C@H](O)C3)cc12. The highest BCUT2D eigenvalue weighted by Gasteiger charge is 2.22. The fourth-order valence-electron chi connectivity index (χ4n) is 4.07. The number of nitrogens with one attached hydrogen (secondary N) is 1. The van der Waals surface area contributed by atoms with E-state index in [1.165, 1.54) is 6.07 Å². The number of aliphatic hydroxyl groups excluding tert-OH is 1. The number of aromatic nitrogens is 3. The molecule has 1 saturated heterocycles. The number of β-amino-alcohol motifs (C(OH)–C–C–N with tert-alkyl or cyclic N) is 1. The van der Waals surface area contributed by atoms with Gasteiger partial charge < -0.3 is 15.3 Å². The van der Waals surface area contributed by atoms with E-state index in [1.807, 2.05) is 26.0 Å². The number of anilines is 2. The minimum atomic E-state index is -2.51. The summed E-state index contributed by atoms with van der Waals surface area (Å²) in [5, 5.41) is 22.5. The average Bonchev–Trinajstić information content (AvgIpc) is 3.16. The van der Waals surface area contributed by atoms with E-state index in [2.05, 4.69) is 25.4 Å². The maximum Gasteiger partial charge on any atom is 0.264 e. The van der Waals surface area contributed by atoms with Crippen molar-refractivity contribution in [3.8, 4) is 0 Å². The van der Waals surface area contributed by atoms with Gasteiger partial charge in [0.05, 0.1) is 35.2 Å². The Kier molecular flexibility index (Phi) is 5.51. The Morgan fingerprint density at radius 2 is 1.97 bits per heavy atom. The van der Waals surface area contributed by atoms with Gasteiger partial charge in [-0.1, -0.05) is 18.2 Å². The number of fused-ring (bicyclic) bond motifs is 1. The quantitative estimate of drug-likeness (QED) is 0.649. The minimum Gasteiger partial charge on any atom is -0.391 e. The molecule has 0 amide bonds. The molecule has 0 spiro atoms. The molecule has 3 heterocycles. The van der Waals surface area contributed by atoms with Gasteiger partial charge in [-0.2, -0.15) is 5.10 Å². The van der Waals surface area contributed by atoms with Gasteiger partial charge in [-0.3, -0.25) is 4.98 Å². The summed E-state index contributed by atoms with van der Waals surface area (Å²) < 4.78 is 26.6. The van der Waals surface area contributed by atoms with Gasteiger partial charge in [0.2, 0.25) is 0 Å². The van der Waals surface area contributed by atoms with Crippen LogP contribution in [0.5, 0.6) is 0 Å². The molecule has 8 heteroatoms. The standard InChI is InChI=1S/C22H25F2N5O/c1-12-17(5-4-6-18(12)21(23)24)13(2)26-22-19-9-15(29-8-7-16(30)11-29)10-25-20(19)14(3)27-28-22/h4-6,9-10,13,16,21,30H,7-8,11H2,1-3H3,(H,26,28)/t13-,16+/m1/s1. The van der Waals surface area contributed by atoms with Crippen LogP contribution in [0.2, 0.25) is 0 Å². The summed E-state index contributed by atoms with van der Waals surface area (Å²) in [7, 11) is 0. The Bertz CT molecular complexity index is 1070. The highest BCUT2D eigenvalue weighted by molar-refractivity contribution is 5.92. The van der Waals surface area contributed by atoms with Crippen molar-refractivity contribution in [1.29, 1.82) is 0 Å². The number of aryl methyl sites for hydroxylation is 1. The van der Waals surface area contributed by atoms with Gasteiger partial charge in [-0.25, -0.2) is 8.78 Å². The lowest BCUT2D eigenvalue weighted by molar-refractivity contribution is 0.150. The monoisotopic (exact) mass is 413 g/mol. The third kappa shape index (κ3) is 3.79. The Balaban J connectivity index is 1.70. The fourth-order valence-corrected chi connectivity index (χ4v) is 4.07. The summed E-state index contributed by atoms with van der Waals surface area (Å²) in [5.41, 5.74) is 3.76. The molecule has 30 heavy (non-hydrogen) atoms. The van der Waals surface area contributed by atoms with Crippen LogP contribution in [-0.4, -0.2) is 39.5 Å². The van der Waals surface area contributed by atoms with E-state index in [9.17, 15) is 13.9 Å². The molecular weight excluding hydrogens is 388 g/mol.